The molecule has 34 heavy (non-hydrogen) atoms. The van der Waals surface area contributed by atoms with Gasteiger partial charge in [-0.3, -0.25) is 9.59 Å². The summed E-state index contributed by atoms with van der Waals surface area (Å²) in [6, 6.07) is 16.0. The lowest BCUT2D eigenvalue weighted by Crippen LogP contribution is -2.33. The van der Waals surface area contributed by atoms with Crippen molar-refractivity contribution in [2.24, 2.45) is 0 Å². The quantitative estimate of drug-likeness (QED) is 0.490. The lowest BCUT2D eigenvalue weighted by Gasteiger charge is -2.16. The first-order valence-electron chi connectivity index (χ1n) is 10.5. The number of hydrogen-bond acceptors (Lipinski definition) is 5. The number of carbonyl (C=O) groups is 2. The Morgan fingerprint density at radius 3 is 2.12 bits per heavy atom. The molecule has 0 unspecified atom stereocenters. The fraction of sp³-hybridized carbons (Fsp3) is 0.154. The SMILES string of the molecule is COc1ccc(C2=C(Nc3ccc(OC(C)C)cc3)C(=O)N(c3cc(F)ccc3F)C2=O)cc1. The maximum Gasteiger partial charge on any atom is 0.282 e. The predicted octanol–water partition coefficient (Wildman–Crippen LogP) is 5.16. The van der Waals surface area contributed by atoms with Crippen molar-refractivity contribution in [2.45, 2.75) is 20.0 Å². The number of halogens is 2. The van der Waals surface area contributed by atoms with Gasteiger partial charge in [0, 0.05) is 11.8 Å². The standard InChI is InChI=1S/C26H22F2N2O4/c1-15(2)34-20-11-7-18(8-12-20)29-24-23(16-4-9-19(33-3)10-5-16)25(31)30(26(24)32)22-14-17(27)6-13-21(22)28/h4-15,29H,1-3H3. The molecular formula is C26H22F2N2O4. The number of rotatable bonds is 7. The topological polar surface area (TPSA) is 67.9 Å². The summed E-state index contributed by atoms with van der Waals surface area (Å²) < 4.78 is 39.2. The molecule has 3 aromatic rings. The van der Waals surface area contributed by atoms with E-state index in [9.17, 15) is 18.4 Å². The van der Waals surface area contributed by atoms with Crippen LogP contribution in [0, 0.1) is 11.6 Å². The molecule has 0 saturated heterocycles. The minimum Gasteiger partial charge on any atom is -0.497 e. The van der Waals surface area contributed by atoms with Crippen LogP contribution in [0.15, 0.2) is 72.4 Å². The highest BCUT2D eigenvalue weighted by molar-refractivity contribution is 6.46. The normalized spacial score (nSPS) is 13.6. The molecule has 3 aromatic carbocycles. The van der Waals surface area contributed by atoms with Gasteiger partial charge in [-0.25, -0.2) is 13.7 Å². The van der Waals surface area contributed by atoms with Crippen LogP contribution >= 0.6 is 0 Å². The Balaban J connectivity index is 1.77. The van der Waals surface area contributed by atoms with Gasteiger partial charge in [0.25, 0.3) is 11.8 Å². The van der Waals surface area contributed by atoms with E-state index in [1.807, 2.05) is 13.8 Å². The van der Waals surface area contributed by atoms with E-state index in [1.54, 1.807) is 48.5 Å². The van der Waals surface area contributed by atoms with Gasteiger partial charge in [0.05, 0.1) is 24.5 Å². The summed E-state index contributed by atoms with van der Waals surface area (Å²) in [5.41, 5.74) is 0.439. The predicted molar refractivity (Wildman–Crippen MR) is 125 cm³/mol. The molecule has 1 heterocycles. The van der Waals surface area contributed by atoms with E-state index in [-0.39, 0.29) is 17.4 Å². The smallest absolute Gasteiger partial charge is 0.282 e. The molecule has 0 spiro atoms. The number of carbonyl (C=O) groups excluding carboxylic acids is 2. The van der Waals surface area contributed by atoms with Crippen molar-refractivity contribution < 1.29 is 27.8 Å². The van der Waals surface area contributed by atoms with E-state index in [1.165, 1.54) is 7.11 Å². The van der Waals surface area contributed by atoms with E-state index < -0.39 is 29.1 Å². The van der Waals surface area contributed by atoms with Gasteiger partial charge in [-0.2, -0.15) is 0 Å². The second-order valence-corrected chi connectivity index (χ2v) is 7.84. The highest BCUT2D eigenvalue weighted by Crippen LogP contribution is 2.35. The van der Waals surface area contributed by atoms with Crippen molar-refractivity contribution in [2.75, 3.05) is 17.3 Å². The highest BCUT2D eigenvalue weighted by atomic mass is 19.1. The second-order valence-electron chi connectivity index (χ2n) is 7.84. The molecule has 0 bridgehead atoms. The summed E-state index contributed by atoms with van der Waals surface area (Å²) in [5, 5.41) is 2.98. The maximum atomic E-state index is 14.5. The van der Waals surface area contributed by atoms with Crippen molar-refractivity contribution in [3.05, 3.63) is 89.6 Å². The molecule has 174 valence electrons. The molecule has 1 N–H and O–H groups in total. The Morgan fingerprint density at radius 1 is 0.853 bits per heavy atom. The zero-order valence-electron chi connectivity index (χ0n) is 18.8. The molecule has 0 atom stereocenters. The molecule has 4 rings (SSSR count). The lowest BCUT2D eigenvalue weighted by molar-refractivity contribution is -0.120. The molecule has 1 aliphatic rings. The fourth-order valence-corrected chi connectivity index (χ4v) is 3.58. The van der Waals surface area contributed by atoms with Crippen molar-refractivity contribution >= 4 is 28.8 Å². The zero-order valence-corrected chi connectivity index (χ0v) is 18.8. The number of imide groups is 1. The van der Waals surface area contributed by atoms with E-state index >= 15 is 0 Å². The Kier molecular flexibility index (Phi) is 6.32. The fourth-order valence-electron chi connectivity index (χ4n) is 3.58. The Hall–Kier alpha value is -4.20. The van der Waals surface area contributed by atoms with Crippen LogP contribution in [0.4, 0.5) is 20.2 Å². The summed E-state index contributed by atoms with van der Waals surface area (Å²) >= 11 is 0. The number of benzene rings is 3. The van der Waals surface area contributed by atoms with Crippen LogP contribution in [0.1, 0.15) is 19.4 Å². The van der Waals surface area contributed by atoms with Gasteiger partial charge < -0.3 is 14.8 Å². The lowest BCUT2D eigenvalue weighted by atomic mass is 10.0. The molecule has 8 heteroatoms. The van der Waals surface area contributed by atoms with E-state index in [2.05, 4.69) is 5.32 Å². The Labute approximate surface area is 195 Å². The summed E-state index contributed by atoms with van der Waals surface area (Å²) in [6.45, 7) is 3.81. The number of anilines is 2. The van der Waals surface area contributed by atoms with Gasteiger partial charge in [-0.15, -0.1) is 0 Å². The van der Waals surface area contributed by atoms with Gasteiger partial charge in [0.1, 0.15) is 28.8 Å². The number of ether oxygens (including phenoxy) is 2. The van der Waals surface area contributed by atoms with Crippen LogP contribution in [0.2, 0.25) is 0 Å². The molecule has 6 nitrogen and oxygen atoms in total. The first-order valence-corrected chi connectivity index (χ1v) is 10.5. The minimum absolute atomic E-state index is 0.00746. The number of amides is 2. The van der Waals surface area contributed by atoms with E-state index in [0.717, 1.165) is 18.2 Å². The third kappa shape index (κ3) is 4.47. The number of nitrogens with zero attached hydrogens (tertiary/aromatic N) is 1. The highest BCUT2D eigenvalue weighted by Gasteiger charge is 2.41. The van der Waals surface area contributed by atoms with Gasteiger partial charge in [0.2, 0.25) is 0 Å². The van der Waals surface area contributed by atoms with Crippen molar-refractivity contribution in [1.82, 2.24) is 0 Å². The van der Waals surface area contributed by atoms with Gasteiger partial charge in [-0.1, -0.05) is 12.1 Å². The van der Waals surface area contributed by atoms with Crippen molar-refractivity contribution in [1.29, 1.82) is 0 Å². The summed E-state index contributed by atoms with van der Waals surface area (Å²) in [5.74, 6) is -2.05. The zero-order chi connectivity index (χ0) is 24.4. The van der Waals surface area contributed by atoms with E-state index in [0.29, 0.717) is 27.6 Å². The number of nitrogens with one attached hydrogen (secondary N) is 1. The largest absolute Gasteiger partial charge is 0.497 e. The molecule has 0 saturated carbocycles. The third-order valence-corrected chi connectivity index (χ3v) is 5.11. The average Bonchev–Trinajstić information content (AvgIpc) is 3.05. The molecule has 0 aromatic heterocycles. The van der Waals surface area contributed by atoms with Crippen molar-refractivity contribution in [3.8, 4) is 11.5 Å². The molecule has 0 aliphatic carbocycles. The van der Waals surface area contributed by atoms with Gasteiger partial charge >= 0.3 is 0 Å². The van der Waals surface area contributed by atoms with Crippen LogP contribution in [-0.4, -0.2) is 25.0 Å². The number of methoxy groups -OCH3 is 1. The molecule has 1 aliphatic heterocycles. The second kappa shape index (κ2) is 9.35. The van der Waals surface area contributed by atoms with Crippen LogP contribution in [0.25, 0.3) is 5.57 Å². The third-order valence-electron chi connectivity index (χ3n) is 5.11. The minimum atomic E-state index is -0.895. The van der Waals surface area contributed by atoms with Crippen LogP contribution in [0.3, 0.4) is 0 Å². The molecule has 0 radical (unpaired) electrons. The monoisotopic (exact) mass is 464 g/mol. The van der Waals surface area contributed by atoms with Gasteiger partial charge in [0.15, 0.2) is 0 Å². The molecular weight excluding hydrogens is 442 g/mol. The molecule has 2 amide bonds. The average molecular weight is 464 g/mol. The van der Waals surface area contributed by atoms with Crippen LogP contribution in [-0.2, 0) is 9.59 Å². The van der Waals surface area contributed by atoms with Gasteiger partial charge in [-0.05, 0) is 67.9 Å². The summed E-state index contributed by atoms with van der Waals surface area (Å²) in [7, 11) is 1.51. The van der Waals surface area contributed by atoms with Crippen LogP contribution < -0.4 is 19.7 Å². The Bertz CT molecular complexity index is 1270. The number of hydrogen-bond donors (Lipinski definition) is 1. The van der Waals surface area contributed by atoms with Crippen LogP contribution in [0.5, 0.6) is 11.5 Å². The first kappa shape index (κ1) is 23.0. The van der Waals surface area contributed by atoms with E-state index in [4.69, 9.17) is 9.47 Å². The Morgan fingerprint density at radius 2 is 1.50 bits per heavy atom. The summed E-state index contributed by atoms with van der Waals surface area (Å²) in [4.78, 5) is 27.4. The maximum absolute atomic E-state index is 14.5. The van der Waals surface area contributed by atoms with Crippen molar-refractivity contribution in [3.63, 3.8) is 0 Å². The molecule has 0 fully saturated rings. The summed E-state index contributed by atoms with van der Waals surface area (Å²) in [6.07, 6.45) is -0.00746. The first-order chi connectivity index (χ1) is 16.3.